The SMILES string of the molecule is CCNC(C)c1ccc(N2CCC(O)C(C)C2)cc1Br. The highest BCUT2D eigenvalue weighted by Gasteiger charge is 2.24. The molecule has 0 amide bonds. The second-order valence-electron chi connectivity index (χ2n) is 5.76. The Labute approximate surface area is 130 Å². The third kappa shape index (κ3) is 3.54. The first-order chi connectivity index (χ1) is 9.52. The Balaban J connectivity index is 2.13. The van der Waals surface area contributed by atoms with E-state index in [0.717, 1.165) is 30.5 Å². The molecule has 112 valence electrons. The van der Waals surface area contributed by atoms with Crippen LogP contribution in [0.3, 0.4) is 0 Å². The summed E-state index contributed by atoms with van der Waals surface area (Å²) in [5.41, 5.74) is 2.53. The Hall–Kier alpha value is -0.580. The molecule has 1 aromatic carbocycles. The normalized spacial score (nSPS) is 24.8. The van der Waals surface area contributed by atoms with E-state index < -0.39 is 0 Å². The molecule has 0 spiro atoms. The predicted molar refractivity (Wildman–Crippen MR) is 88.2 cm³/mol. The van der Waals surface area contributed by atoms with Crippen LogP contribution in [-0.2, 0) is 0 Å². The first kappa shape index (κ1) is 15.8. The zero-order valence-corrected chi connectivity index (χ0v) is 14.2. The molecule has 1 saturated heterocycles. The number of rotatable bonds is 4. The van der Waals surface area contributed by atoms with Gasteiger partial charge in [-0.25, -0.2) is 0 Å². The minimum absolute atomic E-state index is 0.150. The molecule has 0 aliphatic carbocycles. The maximum atomic E-state index is 9.83. The maximum absolute atomic E-state index is 9.83. The van der Waals surface area contributed by atoms with Crippen molar-refractivity contribution < 1.29 is 5.11 Å². The molecule has 3 atom stereocenters. The Morgan fingerprint density at radius 3 is 2.85 bits per heavy atom. The number of hydrogen-bond donors (Lipinski definition) is 2. The van der Waals surface area contributed by atoms with Crippen LogP contribution in [0, 0.1) is 5.92 Å². The second-order valence-corrected chi connectivity index (χ2v) is 6.62. The lowest BCUT2D eigenvalue weighted by atomic mass is 9.96. The second kappa shape index (κ2) is 6.92. The number of piperidine rings is 1. The molecule has 0 bridgehead atoms. The lowest BCUT2D eigenvalue weighted by molar-refractivity contribution is 0.0971. The van der Waals surface area contributed by atoms with E-state index in [1.807, 2.05) is 0 Å². The van der Waals surface area contributed by atoms with Crippen LogP contribution in [0.15, 0.2) is 22.7 Å². The van der Waals surface area contributed by atoms with Crippen molar-refractivity contribution in [2.75, 3.05) is 24.5 Å². The van der Waals surface area contributed by atoms with Gasteiger partial charge in [0.2, 0.25) is 0 Å². The maximum Gasteiger partial charge on any atom is 0.0599 e. The van der Waals surface area contributed by atoms with E-state index in [0.29, 0.717) is 12.0 Å². The minimum atomic E-state index is -0.150. The summed E-state index contributed by atoms with van der Waals surface area (Å²) in [6, 6.07) is 6.94. The minimum Gasteiger partial charge on any atom is -0.393 e. The summed E-state index contributed by atoms with van der Waals surface area (Å²) < 4.78 is 1.15. The third-order valence-electron chi connectivity index (χ3n) is 4.19. The number of aliphatic hydroxyl groups is 1. The highest BCUT2D eigenvalue weighted by molar-refractivity contribution is 9.10. The van der Waals surface area contributed by atoms with E-state index in [1.54, 1.807) is 0 Å². The number of benzene rings is 1. The van der Waals surface area contributed by atoms with Crippen molar-refractivity contribution in [3.63, 3.8) is 0 Å². The van der Waals surface area contributed by atoms with Crippen molar-refractivity contribution in [3.05, 3.63) is 28.2 Å². The standard InChI is InChI=1S/C16H25BrN2O/c1-4-18-12(3)14-6-5-13(9-15(14)17)19-8-7-16(20)11(2)10-19/h5-6,9,11-12,16,18,20H,4,7-8,10H2,1-3H3. The van der Waals surface area contributed by atoms with Crippen molar-refractivity contribution in [1.29, 1.82) is 0 Å². The molecule has 1 fully saturated rings. The fraction of sp³-hybridized carbons (Fsp3) is 0.625. The Morgan fingerprint density at radius 2 is 2.25 bits per heavy atom. The molecule has 1 aliphatic rings. The monoisotopic (exact) mass is 340 g/mol. The average Bonchev–Trinajstić information content (AvgIpc) is 2.42. The van der Waals surface area contributed by atoms with Crippen LogP contribution in [0.1, 0.15) is 38.8 Å². The molecule has 0 radical (unpaired) electrons. The van der Waals surface area contributed by atoms with Crippen LogP contribution in [0.4, 0.5) is 5.69 Å². The van der Waals surface area contributed by atoms with Gasteiger partial charge in [-0.2, -0.15) is 0 Å². The Kier molecular flexibility index (Phi) is 5.47. The molecule has 3 unspecified atom stereocenters. The van der Waals surface area contributed by atoms with Gasteiger partial charge in [0.25, 0.3) is 0 Å². The van der Waals surface area contributed by atoms with E-state index >= 15 is 0 Å². The van der Waals surface area contributed by atoms with Gasteiger partial charge < -0.3 is 15.3 Å². The van der Waals surface area contributed by atoms with Gasteiger partial charge in [0.05, 0.1) is 6.10 Å². The highest BCUT2D eigenvalue weighted by Crippen LogP contribution is 2.30. The van der Waals surface area contributed by atoms with Crippen molar-refractivity contribution >= 4 is 21.6 Å². The molecule has 1 aliphatic heterocycles. The summed E-state index contributed by atoms with van der Waals surface area (Å²) in [6.45, 7) is 9.25. The van der Waals surface area contributed by atoms with Crippen LogP contribution >= 0.6 is 15.9 Å². The molecule has 20 heavy (non-hydrogen) atoms. The number of halogens is 1. The molecule has 2 N–H and O–H groups in total. The fourth-order valence-electron chi connectivity index (χ4n) is 2.85. The van der Waals surface area contributed by atoms with Gasteiger partial charge in [0.1, 0.15) is 0 Å². The summed E-state index contributed by atoms with van der Waals surface area (Å²) in [4.78, 5) is 2.36. The van der Waals surface area contributed by atoms with E-state index in [9.17, 15) is 5.11 Å². The summed E-state index contributed by atoms with van der Waals surface area (Å²) in [5, 5.41) is 13.3. The molecule has 4 heteroatoms. The lowest BCUT2D eigenvalue weighted by Crippen LogP contribution is -2.41. The number of anilines is 1. The Morgan fingerprint density at radius 1 is 1.50 bits per heavy atom. The van der Waals surface area contributed by atoms with Crippen LogP contribution in [0.25, 0.3) is 0 Å². The van der Waals surface area contributed by atoms with Crippen LogP contribution < -0.4 is 10.2 Å². The zero-order valence-electron chi connectivity index (χ0n) is 12.6. The fourth-order valence-corrected chi connectivity index (χ4v) is 3.56. The molecule has 3 nitrogen and oxygen atoms in total. The Bertz CT molecular complexity index is 452. The van der Waals surface area contributed by atoms with Gasteiger partial charge >= 0.3 is 0 Å². The van der Waals surface area contributed by atoms with Gasteiger partial charge in [0.15, 0.2) is 0 Å². The summed E-state index contributed by atoms with van der Waals surface area (Å²) in [6.07, 6.45) is 0.705. The van der Waals surface area contributed by atoms with E-state index in [1.165, 1.54) is 11.3 Å². The van der Waals surface area contributed by atoms with Crippen LogP contribution in [0.5, 0.6) is 0 Å². The molecule has 1 aromatic rings. The van der Waals surface area contributed by atoms with Gasteiger partial charge in [-0.15, -0.1) is 0 Å². The summed E-state index contributed by atoms with van der Waals surface area (Å²) >= 11 is 3.70. The van der Waals surface area contributed by atoms with Crippen molar-refractivity contribution in [2.45, 2.75) is 39.3 Å². The quantitative estimate of drug-likeness (QED) is 0.882. The molecule has 1 heterocycles. The molecular weight excluding hydrogens is 316 g/mol. The van der Waals surface area contributed by atoms with Gasteiger partial charge in [-0.3, -0.25) is 0 Å². The molecular formula is C16H25BrN2O. The zero-order chi connectivity index (χ0) is 14.7. The molecule has 0 saturated carbocycles. The molecule has 2 rings (SSSR count). The smallest absolute Gasteiger partial charge is 0.0599 e. The average molecular weight is 341 g/mol. The van der Waals surface area contributed by atoms with Gasteiger partial charge in [-0.1, -0.05) is 35.8 Å². The highest BCUT2D eigenvalue weighted by atomic mass is 79.9. The summed E-state index contributed by atoms with van der Waals surface area (Å²) in [5.74, 6) is 0.336. The molecule has 0 aromatic heterocycles. The van der Waals surface area contributed by atoms with E-state index in [4.69, 9.17) is 0 Å². The number of aliphatic hydroxyl groups excluding tert-OH is 1. The van der Waals surface area contributed by atoms with E-state index in [2.05, 4.69) is 65.1 Å². The largest absolute Gasteiger partial charge is 0.393 e. The predicted octanol–water partition coefficient (Wildman–Crippen LogP) is 3.33. The first-order valence-corrected chi connectivity index (χ1v) is 8.28. The van der Waals surface area contributed by atoms with Crippen molar-refractivity contribution in [2.24, 2.45) is 5.92 Å². The van der Waals surface area contributed by atoms with Gasteiger partial charge in [0, 0.05) is 29.3 Å². The van der Waals surface area contributed by atoms with Crippen LogP contribution in [-0.4, -0.2) is 30.8 Å². The van der Waals surface area contributed by atoms with E-state index in [-0.39, 0.29) is 6.10 Å². The number of nitrogens with one attached hydrogen (secondary N) is 1. The first-order valence-electron chi connectivity index (χ1n) is 7.48. The van der Waals surface area contributed by atoms with Gasteiger partial charge in [-0.05, 0) is 43.5 Å². The van der Waals surface area contributed by atoms with Crippen LogP contribution in [0.2, 0.25) is 0 Å². The lowest BCUT2D eigenvalue weighted by Gasteiger charge is -2.36. The number of hydrogen-bond acceptors (Lipinski definition) is 3. The number of nitrogens with zero attached hydrogens (tertiary/aromatic N) is 1. The third-order valence-corrected chi connectivity index (χ3v) is 4.87. The van der Waals surface area contributed by atoms with Crippen molar-refractivity contribution in [3.8, 4) is 0 Å². The topological polar surface area (TPSA) is 35.5 Å². The summed E-state index contributed by atoms with van der Waals surface area (Å²) in [7, 11) is 0. The van der Waals surface area contributed by atoms with Crippen molar-refractivity contribution in [1.82, 2.24) is 5.32 Å².